The normalized spacial score (nSPS) is 14.1. The lowest BCUT2D eigenvalue weighted by Gasteiger charge is -2.15. The van der Waals surface area contributed by atoms with Gasteiger partial charge in [0.25, 0.3) is 5.56 Å². The molecular formula is C29H25ClF3N7O3. The van der Waals surface area contributed by atoms with Crippen molar-refractivity contribution in [2.45, 2.75) is 19.3 Å². The van der Waals surface area contributed by atoms with Gasteiger partial charge in [-0.3, -0.25) is 4.79 Å². The first-order valence-corrected chi connectivity index (χ1v) is 13.3. The van der Waals surface area contributed by atoms with Gasteiger partial charge in [0.05, 0.1) is 36.9 Å². The number of rotatable bonds is 10. The van der Waals surface area contributed by atoms with Gasteiger partial charge >= 0.3 is 6.18 Å². The number of alkyl halides is 3. The van der Waals surface area contributed by atoms with Crippen LogP contribution < -0.4 is 20.9 Å². The SMILES string of the molecule is Cn1c(Nc2cc(C(F)(F)F)cn(CCOCc3ccccc3)c2=O)nc2ncc(O/C(C=N)=C3\C=CC=CN3)c(Cl)c21. The standard InChI is InChI=1S/C29H25ClF3N7O3/c1-39-25-24(30)23(43-22(14-34)20-9-5-6-10-35-20)15-36-26(25)38-28(39)37-21-13-19(29(31,32)33)16-40(27(21)41)11-12-42-17-18-7-3-2-4-8-18/h2-10,13-16,34-35H,11-12,17H2,1H3,(H,36,37,38)/b22-20+,34-14?. The predicted molar refractivity (Wildman–Crippen MR) is 156 cm³/mol. The van der Waals surface area contributed by atoms with Gasteiger partial charge in [0, 0.05) is 26.0 Å². The molecule has 3 N–H and O–H groups in total. The average molecular weight is 612 g/mol. The zero-order valence-electron chi connectivity index (χ0n) is 22.7. The molecule has 0 unspecified atom stereocenters. The van der Waals surface area contributed by atoms with E-state index in [1.807, 2.05) is 30.3 Å². The molecule has 0 saturated heterocycles. The lowest BCUT2D eigenvalue weighted by molar-refractivity contribution is -0.138. The molecule has 1 aliphatic rings. The Morgan fingerprint density at radius 2 is 2.02 bits per heavy atom. The van der Waals surface area contributed by atoms with Crippen LogP contribution in [0.2, 0.25) is 5.02 Å². The molecule has 0 aliphatic carbocycles. The Kier molecular flexibility index (Phi) is 8.64. The van der Waals surface area contributed by atoms with Crippen LogP contribution in [0.4, 0.5) is 24.8 Å². The molecule has 222 valence electrons. The summed E-state index contributed by atoms with van der Waals surface area (Å²) in [6.07, 6.45) is 5.30. The summed E-state index contributed by atoms with van der Waals surface area (Å²) in [7, 11) is 1.56. The van der Waals surface area contributed by atoms with E-state index in [-0.39, 0.29) is 53.6 Å². The number of ether oxygens (including phenoxy) is 2. The summed E-state index contributed by atoms with van der Waals surface area (Å²) in [6, 6.07) is 10.0. The number of aromatic nitrogens is 4. The number of hydrogen-bond acceptors (Lipinski definition) is 8. The topological polar surface area (TPSA) is 119 Å². The Hall–Kier alpha value is -4.88. The van der Waals surface area contributed by atoms with E-state index < -0.39 is 17.3 Å². The van der Waals surface area contributed by atoms with Crippen molar-refractivity contribution in [3.63, 3.8) is 0 Å². The van der Waals surface area contributed by atoms with E-state index in [0.717, 1.165) is 28.6 Å². The van der Waals surface area contributed by atoms with Gasteiger partial charge in [0.15, 0.2) is 17.2 Å². The van der Waals surface area contributed by atoms with Gasteiger partial charge in [-0.1, -0.05) is 48.0 Å². The lowest BCUT2D eigenvalue weighted by Crippen LogP contribution is -2.26. The van der Waals surface area contributed by atoms with Crippen molar-refractivity contribution in [3.05, 3.63) is 111 Å². The summed E-state index contributed by atoms with van der Waals surface area (Å²) in [4.78, 5) is 21.8. The molecule has 3 aromatic heterocycles. The van der Waals surface area contributed by atoms with Gasteiger partial charge in [-0.15, -0.1) is 0 Å². The van der Waals surface area contributed by atoms with Gasteiger partial charge in [-0.2, -0.15) is 18.2 Å². The number of nitrogens with one attached hydrogen (secondary N) is 3. The third kappa shape index (κ3) is 6.63. The fraction of sp³-hybridized carbons (Fsp3) is 0.172. The first-order valence-electron chi connectivity index (χ1n) is 12.9. The van der Waals surface area contributed by atoms with Crippen LogP contribution in [0.25, 0.3) is 11.2 Å². The van der Waals surface area contributed by atoms with Gasteiger partial charge in [-0.25, -0.2) is 4.98 Å². The first kappa shape index (κ1) is 29.6. The second-order valence-corrected chi connectivity index (χ2v) is 9.67. The van der Waals surface area contributed by atoms with Crippen LogP contribution in [0.1, 0.15) is 11.1 Å². The van der Waals surface area contributed by atoms with Crippen LogP contribution in [-0.2, 0) is 31.1 Å². The molecule has 0 amide bonds. The minimum absolute atomic E-state index is 0.0135. The molecule has 5 rings (SSSR count). The maximum Gasteiger partial charge on any atom is 0.417 e. The fourth-order valence-corrected chi connectivity index (χ4v) is 4.52. The van der Waals surface area contributed by atoms with Crippen LogP contribution in [0.5, 0.6) is 5.75 Å². The molecule has 4 aromatic rings. The van der Waals surface area contributed by atoms with Crippen LogP contribution in [0.3, 0.4) is 0 Å². The monoisotopic (exact) mass is 611 g/mol. The Morgan fingerprint density at radius 3 is 2.72 bits per heavy atom. The Balaban J connectivity index is 1.42. The van der Waals surface area contributed by atoms with E-state index in [0.29, 0.717) is 11.2 Å². The number of fused-ring (bicyclic) bond motifs is 1. The summed E-state index contributed by atoms with van der Waals surface area (Å²) in [5.41, 5.74) is -0.188. The van der Waals surface area contributed by atoms with Crippen molar-refractivity contribution < 1.29 is 22.6 Å². The number of allylic oxidation sites excluding steroid dienone is 4. The minimum Gasteiger partial charge on any atom is -0.450 e. The summed E-state index contributed by atoms with van der Waals surface area (Å²) in [5.74, 6) is 0.315. The highest BCUT2D eigenvalue weighted by Gasteiger charge is 2.32. The van der Waals surface area contributed by atoms with Crippen molar-refractivity contribution in [2.75, 3.05) is 11.9 Å². The molecule has 10 nitrogen and oxygen atoms in total. The third-order valence-electron chi connectivity index (χ3n) is 6.38. The second-order valence-electron chi connectivity index (χ2n) is 9.29. The van der Waals surface area contributed by atoms with Gasteiger partial charge < -0.3 is 34.7 Å². The number of benzene rings is 1. The Labute approximate surface area is 248 Å². The molecule has 1 aromatic carbocycles. The summed E-state index contributed by atoms with van der Waals surface area (Å²) >= 11 is 6.63. The number of aryl methyl sites for hydroxylation is 1. The van der Waals surface area contributed by atoms with Gasteiger partial charge in [0.2, 0.25) is 5.95 Å². The van der Waals surface area contributed by atoms with E-state index >= 15 is 0 Å². The number of nitrogens with zero attached hydrogens (tertiary/aromatic N) is 4. The molecule has 0 atom stereocenters. The maximum absolute atomic E-state index is 13.8. The lowest BCUT2D eigenvalue weighted by atomic mass is 10.2. The van der Waals surface area contributed by atoms with Gasteiger partial charge in [0.1, 0.15) is 16.2 Å². The molecule has 0 spiro atoms. The highest BCUT2D eigenvalue weighted by atomic mass is 35.5. The Bertz CT molecular complexity index is 1810. The quantitative estimate of drug-likeness (QED) is 0.120. The number of dihydropyridines is 1. The van der Waals surface area contributed by atoms with E-state index in [2.05, 4.69) is 20.6 Å². The predicted octanol–water partition coefficient (Wildman–Crippen LogP) is 5.68. The number of pyridine rings is 2. The van der Waals surface area contributed by atoms with E-state index in [1.54, 1.807) is 31.5 Å². The fourth-order valence-electron chi connectivity index (χ4n) is 4.22. The van der Waals surface area contributed by atoms with E-state index in [9.17, 15) is 18.0 Å². The third-order valence-corrected chi connectivity index (χ3v) is 6.74. The number of halogens is 4. The molecule has 4 heterocycles. The molecule has 14 heteroatoms. The van der Waals surface area contributed by atoms with Crippen molar-refractivity contribution in [1.29, 1.82) is 5.41 Å². The van der Waals surface area contributed by atoms with E-state index in [1.165, 1.54) is 10.8 Å². The molecule has 0 saturated carbocycles. The van der Waals surface area contributed by atoms with Gasteiger partial charge in [-0.05, 0) is 23.8 Å². The number of imidazole rings is 1. The molecular weight excluding hydrogens is 587 g/mol. The number of hydrogen-bond donors (Lipinski definition) is 3. The van der Waals surface area contributed by atoms with Crippen LogP contribution in [0.15, 0.2) is 89.5 Å². The summed E-state index contributed by atoms with van der Waals surface area (Å²) < 4.78 is 55.1. The van der Waals surface area contributed by atoms with Crippen molar-refractivity contribution in [3.8, 4) is 5.75 Å². The number of anilines is 2. The molecule has 0 bridgehead atoms. The molecule has 0 fully saturated rings. The van der Waals surface area contributed by atoms with Crippen LogP contribution >= 0.6 is 11.6 Å². The zero-order valence-corrected chi connectivity index (χ0v) is 23.4. The molecule has 1 aliphatic heterocycles. The average Bonchev–Trinajstić information content (AvgIpc) is 3.32. The summed E-state index contributed by atoms with van der Waals surface area (Å²) in [6.45, 7) is 0.160. The minimum atomic E-state index is -4.71. The Morgan fingerprint density at radius 1 is 1.23 bits per heavy atom. The highest BCUT2D eigenvalue weighted by Crippen LogP contribution is 2.35. The van der Waals surface area contributed by atoms with Crippen molar-refractivity contribution in [2.24, 2.45) is 7.05 Å². The summed E-state index contributed by atoms with van der Waals surface area (Å²) in [5, 5.41) is 13.5. The molecule has 43 heavy (non-hydrogen) atoms. The highest BCUT2D eigenvalue weighted by molar-refractivity contribution is 6.36. The first-order chi connectivity index (χ1) is 20.7. The smallest absolute Gasteiger partial charge is 0.417 e. The molecule has 0 radical (unpaired) electrons. The van der Waals surface area contributed by atoms with Crippen LogP contribution in [0, 0.1) is 5.41 Å². The largest absolute Gasteiger partial charge is 0.450 e. The maximum atomic E-state index is 13.8. The van der Waals surface area contributed by atoms with Crippen molar-refractivity contribution >= 4 is 40.6 Å². The van der Waals surface area contributed by atoms with Crippen molar-refractivity contribution in [1.82, 2.24) is 24.4 Å². The second kappa shape index (κ2) is 12.5. The van der Waals surface area contributed by atoms with Crippen LogP contribution in [-0.4, -0.2) is 31.9 Å². The zero-order chi connectivity index (χ0) is 30.6. The van der Waals surface area contributed by atoms with E-state index in [4.69, 9.17) is 26.5 Å².